The van der Waals surface area contributed by atoms with Gasteiger partial charge in [0.05, 0.1) is 13.2 Å². The van der Waals surface area contributed by atoms with E-state index >= 15 is 0 Å². The number of morpholine rings is 1. The van der Waals surface area contributed by atoms with Crippen molar-refractivity contribution in [1.29, 1.82) is 0 Å². The van der Waals surface area contributed by atoms with Crippen LogP contribution in [-0.2, 0) is 4.74 Å². The van der Waals surface area contributed by atoms with E-state index in [1.807, 2.05) is 0 Å². The first-order valence-corrected chi connectivity index (χ1v) is 7.78. The molecule has 1 fully saturated rings. The second-order valence-corrected chi connectivity index (χ2v) is 5.80. The first-order valence-electron chi connectivity index (χ1n) is 7.78. The molecule has 0 spiro atoms. The normalized spacial score (nSPS) is 17.6. The van der Waals surface area contributed by atoms with Crippen LogP contribution < -0.4 is 0 Å². The minimum Gasteiger partial charge on any atom is -0.379 e. The summed E-state index contributed by atoms with van der Waals surface area (Å²) in [5.74, 6) is 0.563. The van der Waals surface area contributed by atoms with Crippen molar-refractivity contribution in [3.63, 3.8) is 0 Å². The van der Waals surface area contributed by atoms with Crippen LogP contribution in [0.2, 0.25) is 0 Å². The third kappa shape index (κ3) is 3.72. The highest BCUT2D eigenvalue weighted by atomic mass is 16.5. The predicted octanol–water partition coefficient (Wildman–Crippen LogP) is 3.79. The average Bonchev–Trinajstić information content (AvgIpc) is 2.57. The number of nitrogens with zero attached hydrogens (tertiary/aromatic N) is 1. The van der Waals surface area contributed by atoms with Crippen LogP contribution in [0.15, 0.2) is 54.6 Å². The molecule has 0 unspecified atom stereocenters. The second kappa shape index (κ2) is 6.88. The smallest absolute Gasteiger partial charge is 0.0594 e. The molecule has 0 amide bonds. The van der Waals surface area contributed by atoms with Crippen molar-refractivity contribution in [2.75, 3.05) is 32.8 Å². The van der Waals surface area contributed by atoms with E-state index in [0.717, 1.165) is 32.8 Å². The molecule has 110 valence electrons. The number of rotatable bonds is 4. The largest absolute Gasteiger partial charge is 0.379 e. The average molecular weight is 281 g/mol. The van der Waals surface area contributed by atoms with Crippen LogP contribution in [0, 0.1) is 0 Å². The molecule has 2 nitrogen and oxygen atoms in total. The molecule has 3 rings (SSSR count). The lowest BCUT2D eigenvalue weighted by Gasteiger charge is -2.29. The molecule has 21 heavy (non-hydrogen) atoms. The molecule has 2 aromatic carbocycles. The van der Waals surface area contributed by atoms with Gasteiger partial charge in [-0.25, -0.2) is 0 Å². The van der Waals surface area contributed by atoms with Crippen LogP contribution in [0.3, 0.4) is 0 Å². The lowest BCUT2D eigenvalue weighted by Crippen LogP contribution is -2.38. The third-order valence-electron chi connectivity index (χ3n) is 4.22. The number of hydrogen-bond acceptors (Lipinski definition) is 2. The standard InChI is InChI=1S/C19H23NO/c1-16(15-20-11-13-21-14-12-20)17-7-9-19(10-8-17)18-5-3-2-4-6-18/h2-10,16H,11-15H2,1H3/t16-/m1/s1. The Kier molecular flexibility index (Phi) is 4.69. The van der Waals surface area contributed by atoms with Gasteiger partial charge in [-0.1, -0.05) is 61.5 Å². The Balaban J connectivity index is 1.66. The maximum atomic E-state index is 5.41. The van der Waals surface area contributed by atoms with Crippen molar-refractivity contribution < 1.29 is 4.74 Å². The van der Waals surface area contributed by atoms with E-state index in [9.17, 15) is 0 Å². The zero-order valence-corrected chi connectivity index (χ0v) is 12.7. The molecule has 1 atom stereocenters. The molecule has 1 heterocycles. The molecule has 0 bridgehead atoms. The number of benzene rings is 2. The van der Waals surface area contributed by atoms with Gasteiger partial charge < -0.3 is 4.74 Å². The summed E-state index contributed by atoms with van der Waals surface area (Å²) in [7, 11) is 0. The zero-order chi connectivity index (χ0) is 14.5. The zero-order valence-electron chi connectivity index (χ0n) is 12.7. The van der Waals surface area contributed by atoms with Crippen LogP contribution in [0.4, 0.5) is 0 Å². The summed E-state index contributed by atoms with van der Waals surface area (Å²) in [6.07, 6.45) is 0. The van der Waals surface area contributed by atoms with Gasteiger partial charge in [0.1, 0.15) is 0 Å². The van der Waals surface area contributed by atoms with Gasteiger partial charge in [0.15, 0.2) is 0 Å². The fourth-order valence-electron chi connectivity index (χ4n) is 2.91. The molecular weight excluding hydrogens is 258 g/mol. The maximum absolute atomic E-state index is 5.41. The predicted molar refractivity (Wildman–Crippen MR) is 87.6 cm³/mol. The Hall–Kier alpha value is -1.64. The molecule has 0 aromatic heterocycles. The lowest BCUT2D eigenvalue weighted by atomic mass is 9.97. The number of hydrogen-bond donors (Lipinski definition) is 0. The van der Waals surface area contributed by atoms with E-state index in [-0.39, 0.29) is 0 Å². The third-order valence-corrected chi connectivity index (χ3v) is 4.22. The van der Waals surface area contributed by atoms with Gasteiger partial charge in [-0.3, -0.25) is 4.90 Å². The van der Waals surface area contributed by atoms with Gasteiger partial charge in [0, 0.05) is 19.6 Å². The van der Waals surface area contributed by atoms with Gasteiger partial charge in [-0.15, -0.1) is 0 Å². The molecule has 0 radical (unpaired) electrons. The van der Waals surface area contributed by atoms with Crippen molar-refractivity contribution in [3.8, 4) is 11.1 Å². The van der Waals surface area contributed by atoms with E-state index in [1.165, 1.54) is 16.7 Å². The molecule has 1 aliphatic heterocycles. The highest BCUT2D eigenvalue weighted by Gasteiger charge is 2.14. The van der Waals surface area contributed by atoms with Gasteiger partial charge in [-0.2, -0.15) is 0 Å². The Morgan fingerprint density at radius 1 is 0.905 bits per heavy atom. The summed E-state index contributed by atoms with van der Waals surface area (Å²) in [6.45, 7) is 7.30. The van der Waals surface area contributed by atoms with Crippen molar-refractivity contribution in [3.05, 3.63) is 60.2 Å². The quantitative estimate of drug-likeness (QED) is 0.845. The monoisotopic (exact) mass is 281 g/mol. The van der Waals surface area contributed by atoms with E-state index in [2.05, 4.69) is 66.4 Å². The second-order valence-electron chi connectivity index (χ2n) is 5.80. The van der Waals surface area contributed by atoms with Gasteiger partial charge in [-0.05, 0) is 22.6 Å². The summed E-state index contributed by atoms with van der Waals surface area (Å²) in [6, 6.07) is 19.6. The SMILES string of the molecule is C[C@H](CN1CCOCC1)c1ccc(-c2ccccc2)cc1. The topological polar surface area (TPSA) is 12.5 Å². The summed E-state index contributed by atoms with van der Waals surface area (Å²) < 4.78 is 5.41. The van der Waals surface area contributed by atoms with Crippen LogP contribution >= 0.6 is 0 Å². The van der Waals surface area contributed by atoms with Crippen molar-refractivity contribution in [2.24, 2.45) is 0 Å². The van der Waals surface area contributed by atoms with E-state index in [1.54, 1.807) is 0 Å². The first-order chi connectivity index (χ1) is 10.3. The van der Waals surface area contributed by atoms with Crippen molar-refractivity contribution >= 4 is 0 Å². The van der Waals surface area contributed by atoms with Crippen LogP contribution in [0.1, 0.15) is 18.4 Å². The summed E-state index contributed by atoms with van der Waals surface area (Å²) >= 11 is 0. The van der Waals surface area contributed by atoms with Crippen LogP contribution in [0.25, 0.3) is 11.1 Å². The van der Waals surface area contributed by atoms with Crippen molar-refractivity contribution in [1.82, 2.24) is 4.90 Å². The highest BCUT2D eigenvalue weighted by Crippen LogP contribution is 2.23. The molecule has 0 N–H and O–H groups in total. The van der Waals surface area contributed by atoms with Gasteiger partial charge in [0.2, 0.25) is 0 Å². The lowest BCUT2D eigenvalue weighted by molar-refractivity contribution is 0.0357. The Labute approximate surface area is 127 Å². The van der Waals surface area contributed by atoms with E-state index < -0.39 is 0 Å². The molecule has 1 aliphatic rings. The molecule has 2 heteroatoms. The van der Waals surface area contributed by atoms with Crippen molar-refractivity contribution in [2.45, 2.75) is 12.8 Å². The van der Waals surface area contributed by atoms with Crippen LogP contribution in [0.5, 0.6) is 0 Å². The maximum Gasteiger partial charge on any atom is 0.0594 e. The number of ether oxygens (including phenoxy) is 1. The van der Waals surface area contributed by atoms with Crippen LogP contribution in [-0.4, -0.2) is 37.7 Å². The molecule has 1 saturated heterocycles. The Morgan fingerprint density at radius 2 is 1.52 bits per heavy atom. The molecule has 0 aliphatic carbocycles. The molecular formula is C19H23NO. The summed E-state index contributed by atoms with van der Waals surface area (Å²) in [5, 5.41) is 0. The van der Waals surface area contributed by atoms with Gasteiger partial charge >= 0.3 is 0 Å². The minimum atomic E-state index is 0.563. The first kappa shape index (κ1) is 14.3. The Bertz CT molecular complexity index is 544. The fraction of sp³-hybridized carbons (Fsp3) is 0.368. The molecule has 0 saturated carbocycles. The van der Waals surface area contributed by atoms with E-state index in [4.69, 9.17) is 4.74 Å². The minimum absolute atomic E-state index is 0.563. The summed E-state index contributed by atoms with van der Waals surface area (Å²) in [5.41, 5.74) is 3.99. The highest BCUT2D eigenvalue weighted by molar-refractivity contribution is 5.63. The molecule has 2 aromatic rings. The van der Waals surface area contributed by atoms with Gasteiger partial charge in [0.25, 0.3) is 0 Å². The van der Waals surface area contributed by atoms with E-state index in [0.29, 0.717) is 5.92 Å². The fourth-order valence-corrected chi connectivity index (χ4v) is 2.91. The Morgan fingerprint density at radius 3 is 2.19 bits per heavy atom. The summed E-state index contributed by atoms with van der Waals surface area (Å²) in [4.78, 5) is 2.50.